The number of nitrogens with zero attached hydrogens (tertiary/aromatic N) is 2. The number of hydrogen-bond acceptors (Lipinski definition) is 4. The minimum atomic E-state index is 0.0587. The summed E-state index contributed by atoms with van der Waals surface area (Å²) < 4.78 is 0. The van der Waals surface area contributed by atoms with E-state index < -0.39 is 0 Å². The molecule has 0 atom stereocenters. The first-order valence-electron chi connectivity index (χ1n) is 9.07. The average molecular weight is 366 g/mol. The predicted molar refractivity (Wildman–Crippen MR) is 104 cm³/mol. The zero-order valence-corrected chi connectivity index (χ0v) is 15.5. The standard InChI is InChI=1S/C21H22N2O2S/c24-19-9-14-26-20-17(19)7-4-8-18(20)21(25)23-12-10-22(11-13-23)15-16-5-2-1-3-6-16/h1-8H,9-15H2. The molecule has 5 heteroatoms. The SMILES string of the molecule is O=C1CCSc2c1cccc2C(=O)N1CCN(Cc2ccccc2)CC1. The summed E-state index contributed by atoms with van der Waals surface area (Å²) in [6.45, 7) is 4.14. The van der Waals surface area contributed by atoms with Gasteiger partial charge in [0.1, 0.15) is 0 Å². The summed E-state index contributed by atoms with van der Waals surface area (Å²) in [4.78, 5) is 30.3. The van der Waals surface area contributed by atoms with Gasteiger partial charge in [-0.15, -0.1) is 11.8 Å². The number of ketones is 1. The minimum absolute atomic E-state index is 0.0587. The Morgan fingerprint density at radius 3 is 2.50 bits per heavy atom. The number of rotatable bonds is 3. The molecular formula is C21H22N2O2S. The van der Waals surface area contributed by atoms with Crippen molar-refractivity contribution in [1.29, 1.82) is 0 Å². The van der Waals surface area contributed by atoms with Gasteiger partial charge in [0.05, 0.1) is 5.56 Å². The van der Waals surface area contributed by atoms with Gasteiger partial charge in [0, 0.05) is 55.4 Å². The molecule has 0 spiro atoms. The molecule has 2 aliphatic rings. The molecule has 0 saturated carbocycles. The quantitative estimate of drug-likeness (QED) is 0.836. The van der Waals surface area contributed by atoms with Gasteiger partial charge in [-0.25, -0.2) is 0 Å². The highest BCUT2D eigenvalue weighted by molar-refractivity contribution is 7.99. The van der Waals surface area contributed by atoms with Crippen LogP contribution in [-0.4, -0.2) is 53.4 Å². The minimum Gasteiger partial charge on any atom is -0.336 e. The fraction of sp³-hybridized carbons (Fsp3) is 0.333. The molecule has 2 aliphatic heterocycles. The highest BCUT2D eigenvalue weighted by Crippen LogP contribution is 2.33. The Labute approximate surface area is 158 Å². The molecule has 2 heterocycles. The van der Waals surface area contributed by atoms with E-state index in [1.807, 2.05) is 29.2 Å². The van der Waals surface area contributed by atoms with Crippen LogP contribution in [0, 0.1) is 0 Å². The van der Waals surface area contributed by atoms with E-state index in [0.717, 1.165) is 48.9 Å². The first kappa shape index (κ1) is 17.3. The topological polar surface area (TPSA) is 40.6 Å². The van der Waals surface area contributed by atoms with E-state index in [1.165, 1.54) is 5.56 Å². The van der Waals surface area contributed by atoms with Gasteiger partial charge in [0.15, 0.2) is 5.78 Å². The van der Waals surface area contributed by atoms with Crippen LogP contribution in [0.4, 0.5) is 0 Å². The lowest BCUT2D eigenvalue weighted by molar-refractivity contribution is 0.0625. The third-order valence-corrected chi connectivity index (χ3v) is 6.17. The van der Waals surface area contributed by atoms with Crippen LogP contribution >= 0.6 is 11.8 Å². The first-order valence-corrected chi connectivity index (χ1v) is 10.1. The Kier molecular flexibility index (Phi) is 5.09. The van der Waals surface area contributed by atoms with Crippen LogP contribution in [-0.2, 0) is 6.54 Å². The summed E-state index contributed by atoms with van der Waals surface area (Å²) in [5.41, 5.74) is 2.71. The van der Waals surface area contributed by atoms with E-state index in [4.69, 9.17) is 0 Å². The molecule has 1 fully saturated rings. The molecule has 0 bridgehead atoms. The number of hydrogen-bond donors (Lipinski definition) is 0. The van der Waals surface area contributed by atoms with E-state index in [-0.39, 0.29) is 11.7 Å². The molecule has 4 rings (SSSR count). The van der Waals surface area contributed by atoms with Crippen molar-refractivity contribution in [2.45, 2.75) is 17.9 Å². The third-order valence-electron chi connectivity index (χ3n) is 5.03. The van der Waals surface area contributed by atoms with Gasteiger partial charge in [-0.3, -0.25) is 14.5 Å². The molecule has 0 aliphatic carbocycles. The van der Waals surface area contributed by atoms with E-state index in [1.54, 1.807) is 11.8 Å². The molecule has 4 nitrogen and oxygen atoms in total. The van der Waals surface area contributed by atoms with Crippen molar-refractivity contribution in [2.75, 3.05) is 31.9 Å². The molecule has 2 aromatic rings. The summed E-state index contributed by atoms with van der Waals surface area (Å²) in [6.07, 6.45) is 0.563. The Balaban J connectivity index is 1.43. The second-order valence-electron chi connectivity index (χ2n) is 6.76. The summed E-state index contributed by atoms with van der Waals surface area (Å²) in [6, 6.07) is 16.0. The zero-order valence-electron chi connectivity index (χ0n) is 14.7. The van der Waals surface area contributed by atoms with Crippen LogP contribution in [0.2, 0.25) is 0 Å². The summed E-state index contributed by atoms with van der Waals surface area (Å²) in [5.74, 6) is 0.977. The van der Waals surface area contributed by atoms with Gasteiger partial charge in [0.2, 0.25) is 0 Å². The van der Waals surface area contributed by atoms with Crippen LogP contribution in [0.25, 0.3) is 0 Å². The van der Waals surface area contributed by atoms with Gasteiger partial charge in [-0.1, -0.05) is 42.5 Å². The number of benzene rings is 2. The van der Waals surface area contributed by atoms with Crippen LogP contribution in [0.1, 0.15) is 32.7 Å². The largest absolute Gasteiger partial charge is 0.336 e. The summed E-state index contributed by atoms with van der Waals surface area (Å²) in [5, 5.41) is 0. The third kappa shape index (κ3) is 3.55. The Morgan fingerprint density at radius 1 is 0.962 bits per heavy atom. The van der Waals surface area contributed by atoms with Gasteiger partial charge in [-0.05, 0) is 11.6 Å². The number of fused-ring (bicyclic) bond motifs is 1. The molecule has 26 heavy (non-hydrogen) atoms. The van der Waals surface area contributed by atoms with Crippen molar-refractivity contribution in [2.24, 2.45) is 0 Å². The number of Topliss-reactive ketones (excluding diaryl/α,β-unsaturated/α-hetero) is 1. The number of carbonyl (C=O) groups is 2. The van der Waals surface area contributed by atoms with E-state index >= 15 is 0 Å². The van der Waals surface area contributed by atoms with E-state index in [0.29, 0.717) is 12.0 Å². The number of carbonyl (C=O) groups excluding carboxylic acids is 2. The monoisotopic (exact) mass is 366 g/mol. The average Bonchev–Trinajstić information content (AvgIpc) is 2.69. The molecule has 1 saturated heterocycles. The smallest absolute Gasteiger partial charge is 0.255 e. The predicted octanol–water partition coefficient (Wildman–Crippen LogP) is 3.32. The Hall–Kier alpha value is -2.11. The molecule has 1 amide bonds. The molecule has 0 N–H and O–H groups in total. The van der Waals surface area contributed by atoms with Crippen LogP contribution in [0.15, 0.2) is 53.4 Å². The van der Waals surface area contributed by atoms with Gasteiger partial charge in [-0.2, -0.15) is 0 Å². The van der Waals surface area contributed by atoms with Crippen LogP contribution in [0.3, 0.4) is 0 Å². The second kappa shape index (κ2) is 7.64. The van der Waals surface area contributed by atoms with Crippen molar-refractivity contribution in [3.8, 4) is 0 Å². The molecule has 0 aromatic heterocycles. The first-order chi connectivity index (χ1) is 12.7. The molecule has 134 valence electrons. The van der Waals surface area contributed by atoms with Gasteiger partial charge in [0.25, 0.3) is 5.91 Å². The normalized spacial score (nSPS) is 17.8. The van der Waals surface area contributed by atoms with Crippen molar-refractivity contribution in [3.63, 3.8) is 0 Å². The Bertz CT molecular complexity index is 814. The van der Waals surface area contributed by atoms with Crippen molar-refractivity contribution in [1.82, 2.24) is 9.80 Å². The number of thioether (sulfide) groups is 1. The van der Waals surface area contributed by atoms with E-state index in [9.17, 15) is 9.59 Å². The fourth-order valence-corrected chi connectivity index (χ4v) is 4.72. The highest BCUT2D eigenvalue weighted by Gasteiger charge is 2.27. The van der Waals surface area contributed by atoms with Crippen LogP contribution < -0.4 is 0 Å². The zero-order chi connectivity index (χ0) is 17.9. The lowest BCUT2D eigenvalue weighted by Crippen LogP contribution is -2.48. The maximum absolute atomic E-state index is 13.0. The van der Waals surface area contributed by atoms with Crippen molar-refractivity contribution in [3.05, 3.63) is 65.2 Å². The van der Waals surface area contributed by atoms with Gasteiger partial charge < -0.3 is 4.90 Å². The second-order valence-corrected chi connectivity index (χ2v) is 7.86. The van der Waals surface area contributed by atoms with Gasteiger partial charge >= 0.3 is 0 Å². The van der Waals surface area contributed by atoms with E-state index in [2.05, 4.69) is 29.2 Å². The van der Waals surface area contributed by atoms with Crippen LogP contribution in [0.5, 0.6) is 0 Å². The highest BCUT2D eigenvalue weighted by atomic mass is 32.2. The number of piperazine rings is 1. The fourth-order valence-electron chi connectivity index (χ4n) is 3.58. The number of amides is 1. The lowest BCUT2D eigenvalue weighted by atomic mass is 10.0. The van der Waals surface area contributed by atoms with Crippen molar-refractivity contribution < 1.29 is 9.59 Å². The maximum Gasteiger partial charge on any atom is 0.255 e. The molecule has 0 radical (unpaired) electrons. The Morgan fingerprint density at radius 2 is 1.73 bits per heavy atom. The summed E-state index contributed by atoms with van der Waals surface area (Å²) >= 11 is 1.63. The van der Waals surface area contributed by atoms with Crippen molar-refractivity contribution >= 4 is 23.5 Å². The maximum atomic E-state index is 13.0. The molecule has 0 unspecified atom stereocenters. The molecule has 2 aromatic carbocycles. The summed E-state index contributed by atoms with van der Waals surface area (Å²) in [7, 11) is 0. The lowest BCUT2D eigenvalue weighted by Gasteiger charge is -2.35. The molecular weight excluding hydrogens is 344 g/mol.